The Kier molecular flexibility index (Phi) is 9.86. The molecule has 0 bridgehead atoms. The topological polar surface area (TPSA) is 70.6 Å². The SMILES string of the molecule is CCNC(=NCC(C)N1CCOCC1)NCC(c1ccc(OC)cc1)N1CCOCC1. The minimum atomic E-state index is 0.246. The molecule has 2 atom stereocenters. The minimum absolute atomic E-state index is 0.246. The Balaban J connectivity index is 1.64. The maximum absolute atomic E-state index is 5.58. The van der Waals surface area contributed by atoms with Crippen molar-refractivity contribution in [1.82, 2.24) is 20.4 Å². The van der Waals surface area contributed by atoms with Gasteiger partial charge in [0.05, 0.1) is 46.1 Å². The van der Waals surface area contributed by atoms with Crippen molar-refractivity contribution >= 4 is 5.96 Å². The van der Waals surface area contributed by atoms with Crippen molar-refractivity contribution < 1.29 is 14.2 Å². The molecule has 2 fully saturated rings. The second-order valence-electron chi connectivity index (χ2n) is 8.04. The lowest BCUT2D eigenvalue weighted by Gasteiger charge is -2.35. The van der Waals surface area contributed by atoms with Crippen LogP contribution in [0.5, 0.6) is 5.75 Å². The summed E-state index contributed by atoms with van der Waals surface area (Å²) in [5, 5.41) is 6.99. The zero-order chi connectivity index (χ0) is 21.9. The zero-order valence-corrected chi connectivity index (χ0v) is 19.3. The van der Waals surface area contributed by atoms with Gasteiger partial charge in [0.25, 0.3) is 0 Å². The molecule has 1 aromatic carbocycles. The Bertz CT molecular complexity index is 658. The van der Waals surface area contributed by atoms with E-state index in [1.165, 1.54) is 5.56 Å². The van der Waals surface area contributed by atoms with Gasteiger partial charge in [0.2, 0.25) is 0 Å². The Morgan fingerprint density at radius 1 is 1.00 bits per heavy atom. The van der Waals surface area contributed by atoms with Crippen LogP contribution in [0.25, 0.3) is 0 Å². The second kappa shape index (κ2) is 12.9. The molecule has 31 heavy (non-hydrogen) atoms. The van der Waals surface area contributed by atoms with Crippen LogP contribution < -0.4 is 15.4 Å². The predicted octanol–water partition coefficient (Wildman–Crippen LogP) is 1.34. The van der Waals surface area contributed by atoms with Crippen molar-refractivity contribution in [3.05, 3.63) is 29.8 Å². The Morgan fingerprint density at radius 2 is 1.61 bits per heavy atom. The van der Waals surface area contributed by atoms with Crippen molar-refractivity contribution in [2.24, 2.45) is 4.99 Å². The van der Waals surface area contributed by atoms with Gasteiger partial charge in [-0.15, -0.1) is 0 Å². The fourth-order valence-corrected chi connectivity index (χ4v) is 4.07. The molecule has 174 valence electrons. The summed E-state index contributed by atoms with van der Waals surface area (Å²) in [4.78, 5) is 9.81. The van der Waals surface area contributed by atoms with E-state index in [0.717, 1.165) is 83.9 Å². The lowest BCUT2D eigenvalue weighted by molar-refractivity contribution is 0.0169. The number of hydrogen-bond donors (Lipinski definition) is 2. The Labute approximate surface area is 186 Å². The number of hydrogen-bond acceptors (Lipinski definition) is 6. The zero-order valence-electron chi connectivity index (χ0n) is 19.3. The van der Waals surface area contributed by atoms with Crippen LogP contribution in [0.1, 0.15) is 25.5 Å². The maximum atomic E-state index is 5.58. The van der Waals surface area contributed by atoms with Gasteiger partial charge in [-0.2, -0.15) is 0 Å². The smallest absolute Gasteiger partial charge is 0.191 e. The third-order valence-electron chi connectivity index (χ3n) is 5.98. The molecule has 8 heteroatoms. The summed E-state index contributed by atoms with van der Waals surface area (Å²) in [5.74, 6) is 1.75. The van der Waals surface area contributed by atoms with Crippen molar-refractivity contribution in [3.63, 3.8) is 0 Å². The van der Waals surface area contributed by atoms with Crippen LogP contribution in [0, 0.1) is 0 Å². The molecule has 0 aromatic heterocycles. The quantitative estimate of drug-likeness (QED) is 0.450. The van der Waals surface area contributed by atoms with Gasteiger partial charge in [0.15, 0.2) is 5.96 Å². The molecule has 0 spiro atoms. The molecule has 3 rings (SSSR count). The predicted molar refractivity (Wildman–Crippen MR) is 124 cm³/mol. The molecular weight excluding hydrogens is 394 g/mol. The van der Waals surface area contributed by atoms with E-state index < -0.39 is 0 Å². The number of nitrogens with one attached hydrogen (secondary N) is 2. The van der Waals surface area contributed by atoms with Crippen LogP contribution >= 0.6 is 0 Å². The molecule has 2 aliphatic rings. The van der Waals surface area contributed by atoms with Crippen LogP contribution in [0.4, 0.5) is 0 Å². The van der Waals surface area contributed by atoms with Crippen LogP contribution in [-0.4, -0.2) is 101 Å². The van der Waals surface area contributed by atoms with Gasteiger partial charge in [-0.1, -0.05) is 12.1 Å². The van der Waals surface area contributed by atoms with Crippen molar-refractivity contribution in [3.8, 4) is 5.75 Å². The van der Waals surface area contributed by atoms with Gasteiger partial charge in [-0.05, 0) is 31.5 Å². The van der Waals surface area contributed by atoms with E-state index in [9.17, 15) is 0 Å². The van der Waals surface area contributed by atoms with Gasteiger partial charge >= 0.3 is 0 Å². The van der Waals surface area contributed by atoms with E-state index in [0.29, 0.717) is 6.04 Å². The maximum Gasteiger partial charge on any atom is 0.191 e. The van der Waals surface area contributed by atoms with Crippen LogP contribution in [0.2, 0.25) is 0 Å². The van der Waals surface area contributed by atoms with E-state index >= 15 is 0 Å². The first kappa shape index (κ1) is 23.8. The fourth-order valence-electron chi connectivity index (χ4n) is 4.07. The highest BCUT2D eigenvalue weighted by Crippen LogP contribution is 2.23. The van der Waals surface area contributed by atoms with Crippen molar-refractivity contribution in [1.29, 1.82) is 0 Å². The molecule has 0 amide bonds. The average Bonchev–Trinajstić information content (AvgIpc) is 2.84. The molecular formula is C23H39N5O3. The first-order valence-corrected chi connectivity index (χ1v) is 11.5. The third-order valence-corrected chi connectivity index (χ3v) is 5.98. The van der Waals surface area contributed by atoms with Crippen LogP contribution in [-0.2, 0) is 9.47 Å². The largest absolute Gasteiger partial charge is 0.497 e. The molecule has 8 nitrogen and oxygen atoms in total. The van der Waals surface area contributed by atoms with Crippen LogP contribution in [0.15, 0.2) is 29.3 Å². The van der Waals surface area contributed by atoms with E-state index in [4.69, 9.17) is 19.2 Å². The molecule has 1 aromatic rings. The monoisotopic (exact) mass is 433 g/mol. The Morgan fingerprint density at radius 3 is 2.19 bits per heavy atom. The second-order valence-corrected chi connectivity index (χ2v) is 8.04. The van der Waals surface area contributed by atoms with E-state index in [-0.39, 0.29) is 6.04 Å². The highest BCUT2D eigenvalue weighted by atomic mass is 16.5. The molecule has 2 heterocycles. The number of ether oxygens (including phenoxy) is 3. The number of benzene rings is 1. The molecule has 0 aliphatic carbocycles. The minimum Gasteiger partial charge on any atom is -0.497 e. The number of rotatable bonds is 9. The number of aliphatic imine (C=N–C) groups is 1. The normalized spacial score (nSPS) is 20.8. The summed E-state index contributed by atoms with van der Waals surface area (Å²) in [6, 6.07) is 9.03. The standard InChI is InChI=1S/C23H39N5O3/c1-4-24-23(25-17-19(2)27-9-13-30-14-10-27)26-18-22(28-11-15-31-16-12-28)20-5-7-21(29-3)8-6-20/h5-8,19,22H,4,9-18H2,1-3H3,(H2,24,25,26). The van der Waals surface area contributed by atoms with Crippen molar-refractivity contribution in [2.75, 3.05) is 79.4 Å². The van der Waals surface area contributed by atoms with E-state index in [1.54, 1.807) is 7.11 Å². The summed E-state index contributed by atoms with van der Waals surface area (Å²) in [5.41, 5.74) is 1.27. The third kappa shape index (κ3) is 7.35. The van der Waals surface area contributed by atoms with Crippen molar-refractivity contribution in [2.45, 2.75) is 25.9 Å². The Hall–Kier alpha value is -1.87. The average molecular weight is 434 g/mol. The summed E-state index contributed by atoms with van der Waals surface area (Å²) in [6.07, 6.45) is 0. The molecule has 2 unspecified atom stereocenters. The number of nitrogens with zero attached hydrogens (tertiary/aromatic N) is 3. The number of morpholine rings is 2. The molecule has 0 saturated carbocycles. The number of guanidine groups is 1. The number of methoxy groups -OCH3 is 1. The highest BCUT2D eigenvalue weighted by Gasteiger charge is 2.23. The molecule has 2 aliphatic heterocycles. The van der Waals surface area contributed by atoms with Gasteiger partial charge in [-0.25, -0.2) is 0 Å². The summed E-state index contributed by atoms with van der Waals surface area (Å²) >= 11 is 0. The summed E-state index contributed by atoms with van der Waals surface area (Å²) in [6.45, 7) is 13.7. The van der Waals surface area contributed by atoms with Crippen LogP contribution in [0.3, 0.4) is 0 Å². The molecule has 2 N–H and O–H groups in total. The lowest BCUT2D eigenvalue weighted by Crippen LogP contribution is -2.47. The first-order chi connectivity index (χ1) is 15.2. The highest BCUT2D eigenvalue weighted by molar-refractivity contribution is 5.79. The van der Waals surface area contributed by atoms with E-state index in [1.807, 2.05) is 12.1 Å². The van der Waals surface area contributed by atoms with E-state index in [2.05, 4.69) is 46.4 Å². The van der Waals surface area contributed by atoms with Gasteiger partial charge in [0.1, 0.15) is 5.75 Å². The first-order valence-electron chi connectivity index (χ1n) is 11.5. The fraction of sp³-hybridized carbons (Fsp3) is 0.696. The lowest BCUT2D eigenvalue weighted by atomic mass is 10.0. The molecule has 2 saturated heterocycles. The van der Waals surface area contributed by atoms with Gasteiger partial charge in [0, 0.05) is 45.3 Å². The van der Waals surface area contributed by atoms with Gasteiger partial charge in [-0.3, -0.25) is 14.8 Å². The van der Waals surface area contributed by atoms with Gasteiger partial charge < -0.3 is 24.8 Å². The summed E-state index contributed by atoms with van der Waals surface area (Å²) in [7, 11) is 1.70. The summed E-state index contributed by atoms with van der Waals surface area (Å²) < 4.78 is 16.4. The molecule has 0 radical (unpaired) electrons.